The summed E-state index contributed by atoms with van der Waals surface area (Å²) in [6.45, 7) is 7.24. The van der Waals surface area contributed by atoms with Crippen LogP contribution in [0.5, 0.6) is 5.75 Å². The van der Waals surface area contributed by atoms with Crippen molar-refractivity contribution in [3.05, 3.63) is 23.8 Å². The van der Waals surface area contributed by atoms with Gasteiger partial charge in [-0.25, -0.2) is 0 Å². The van der Waals surface area contributed by atoms with Gasteiger partial charge in [-0.15, -0.1) is 12.6 Å². The number of aryl methyl sites for hydroxylation is 1. The molecule has 2 heteroatoms. The van der Waals surface area contributed by atoms with Gasteiger partial charge in [-0.1, -0.05) is 19.9 Å². The second kappa shape index (κ2) is 5.30. The van der Waals surface area contributed by atoms with Crippen LogP contribution in [-0.4, -0.2) is 6.61 Å². The molecule has 0 bridgehead atoms. The molecule has 1 aromatic rings. The maximum Gasteiger partial charge on any atom is 0.123 e. The lowest BCUT2D eigenvalue weighted by atomic mass is 10.1. The molecule has 0 aliphatic heterocycles. The summed E-state index contributed by atoms with van der Waals surface area (Å²) >= 11 is 4.28. The minimum Gasteiger partial charge on any atom is -0.493 e. The Balaban J connectivity index is 2.53. The maximum absolute atomic E-state index is 5.68. The number of thiol groups is 1. The van der Waals surface area contributed by atoms with Gasteiger partial charge in [0.25, 0.3) is 0 Å². The number of rotatable bonds is 4. The first-order chi connectivity index (χ1) is 6.59. The highest BCUT2D eigenvalue weighted by Crippen LogP contribution is 2.21. The summed E-state index contributed by atoms with van der Waals surface area (Å²) in [6, 6.07) is 5.99. The molecule has 78 valence electrons. The lowest BCUT2D eigenvalue weighted by molar-refractivity contribution is 0.287. The Morgan fingerprint density at radius 2 is 2.07 bits per heavy atom. The molecule has 0 aliphatic rings. The molecule has 1 rings (SSSR count). The molecule has 0 radical (unpaired) electrons. The highest BCUT2D eigenvalue weighted by Gasteiger charge is 2.00. The normalized spacial score (nSPS) is 10.6. The number of hydrogen-bond acceptors (Lipinski definition) is 2. The molecule has 0 saturated carbocycles. The SMILES string of the molecule is Cc1ccc(S)cc1OCCC(C)C. The van der Waals surface area contributed by atoms with Crippen LogP contribution in [0.4, 0.5) is 0 Å². The van der Waals surface area contributed by atoms with E-state index in [1.807, 2.05) is 18.2 Å². The Labute approximate surface area is 91.9 Å². The van der Waals surface area contributed by atoms with Gasteiger partial charge in [-0.05, 0) is 37.0 Å². The Kier molecular flexibility index (Phi) is 4.33. The van der Waals surface area contributed by atoms with E-state index < -0.39 is 0 Å². The van der Waals surface area contributed by atoms with Crippen LogP contribution in [0.2, 0.25) is 0 Å². The van der Waals surface area contributed by atoms with Gasteiger partial charge in [0.1, 0.15) is 5.75 Å². The first-order valence-corrected chi connectivity index (χ1v) is 5.46. The van der Waals surface area contributed by atoms with Crippen molar-refractivity contribution in [1.82, 2.24) is 0 Å². The third-order valence-electron chi connectivity index (χ3n) is 2.12. The van der Waals surface area contributed by atoms with E-state index in [9.17, 15) is 0 Å². The molecule has 14 heavy (non-hydrogen) atoms. The van der Waals surface area contributed by atoms with E-state index in [4.69, 9.17) is 4.74 Å². The lowest BCUT2D eigenvalue weighted by Gasteiger charge is -2.10. The van der Waals surface area contributed by atoms with Crippen molar-refractivity contribution < 1.29 is 4.74 Å². The van der Waals surface area contributed by atoms with Crippen molar-refractivity contribution in [2.24, 2.45) is 5.92 Å². The second-order valence-corrected chi connectivity index (χ2v) is 4.50. The predicted molar refractivity (Wildman–Crippen MR) is 63.4 cm³/mol. The van der Waals surface area contributed by atoms with Crippen molar-refractivity contribution in [2.45, 2.75) is 32.1 Å². The molecule has 0 unspecified atom stereocenters. The third kappa shape index (κ3) is 3.62. The van der Waals surface area contributed by atoms with Gasteiger partial charge in [-0.3, -0.25) is 0 Å². The molecule has 0 fully saturated rings. The molecular weight excluding hydrogens is 192 g/mol. The summed E-state index contributed by atoms with van der Waals surface area (Å²) in [6.07, 6.45) is 1.09. The van der Waals surface area contributed by atoms with E-state index >= 15 is 0 Å². The van der Waals surface area contributed by atoms with Crippen LogP contribution in [0.1, 0.15) is 25.8 Å². The fourth-order valence-electron chi connectivity index (χ4n) is 1.15. The highest BCUT2D eigenvalue weighted by atomic mass is 32.1. The summed E-state index contributed by atoms with van der Waals surface area (Å²) in [5, 5.41) is 0. The molecule has 0 N–H and O–H groups in total. The van der Waals surface area contributed by atoms with Gasteiger partial charge < -0.3 is 4.74 Å². The third-order valence-corrected chi connectivity index (χ3v) is 2.40. The van der Waals surface area contributed by atoms with E-state index in [0.717, 1.165) is 23.7 Å². The van der Waals surface area contributed by atoms with E-state index in [-0.39, 0.29) is 0 Å². The van der Waals surface area contributed by atoms with Crippen molar-refractivity contribution >= 4 is 12.6 Å². The fourth-order valence-corrected chi connectivity index (χ4v) is 1.34. The van der Waals surface area contributed by atoms with E-state index in [1.54, 1.807) is 0 Å². The first kappa shape index (κ1) is 11.4. The summed E-state index contributed by atoms with van der Waals surface area (Å²) < 4.78 is 5.68. The van der Waals surface area contributed by atoms with Crippen LogP contribution in [0, 0.1) is 12.8 Å². The summed E-state index contributed by atoms with van der Waals surface area (Å²) in [5.41, 5.74) is 1.17. The topological polar surface area (TPSA) is 9.23 Å². The average molecular weight is 210 g/mol. The van der Waals surface area contributed by atoms with Crippen molar-refractivity contribution in [2.75, 3.05) is 6.61 Å². The van der Waals surface area contributed by atoms with Crippen molar-refractivity contribution in [1.29, 1.82) is 0 Å². The molecule has 0 atom stereocenters. The first-order valence-electron chi connectivity index (χ1n) is 5.02. The number of ether oxygens (including phenoxy) is 1. The van der Waals surface area contributed by atoms with E-state index in [0.29, 0.717) is 5.92 Å². The van der Waals surface area contributed by atoms with Gasteiger partial charge in [0.2, 0.25) is 0 Å². The minimum atomic E-state index is 0.689. The molecule has 0 saturated heterocycles. The monoisotopic (exact) mass is 210 g/mol. The van der Waals surface area contributed by atoms with Gasteiger partial charge in [0.05, 0.1) is 6.61 Å². The van der Waals surface area contributed by atoms with Gasteiger partial charge in [0, 0.05) is 4.90 Å². The molecule has 0 aliphatic carbocycles. The standard InChI is InChI=1S/C12H18OS/c1-9(2)6-7-13-12-8-11(14)5-4-10(12)3/h4-5,8-9,14H,6-7H2,1-3H3. The second-order valence-electron chi connectivity index (χ2n) is 3.98. The Morgan fingerprint density at radius 3 is 2.71 bits per heavy atom. The fraction of sp³-hybridized carbons (Fsp3) is 0.500. The molecule has 1 nitrogen and oxygen atoms in total. The van der Waals surface area contributed by atoms with Gasteiger partial charge >= 0.3 is 0 Å². The zero-order chi connectivity index (χ0) is 10.6. The Hall–Kier alpha value is -0.630. The molecule has 1 aromatic carbocycles. The molecule has 0 amide bonds. The molecule has 0 spiro atoms. The Bertz CT molecular complexity index is 294. The van der Waals surface area contributed by atoms with E-state index in [2.05, 4.69) is 33.4 Å². The number of hydrogen-bond donors (Lipinski definition) is 1. The van der Waals surface area contributed by atoms with Crippen LogP contribution >= 0.6 is 12.6 Å². The summed E-state index contributed by atoms with van der Waals surface area (Å²) in [5.74, 6) is 1.65. The summed E-state index contributed by atoms with van der Waals surface area (Å²) in [7, 11) is 0. The van der Waals surface area contributed by atoms with Crippen LogP contribution in [0.25, 0.3) is 0 Å². The van der Waals surface area contributed by atoms with Crippen LogP contribution in [0.15, 0.2) is 23.1 Å². The zero-order valence-electron chi connectivity index (χ0n) is 9.08. The molecular formula is C12H18OS. The van der Waals surface area contributed by atoms with Crippen LogP contribution < -0.4 is 4.74 Å². The largest absolute Gasteiger partial charge is 0.493 e. The summed E-state index contributed by atoms with van der Waals surface area (Å²) in [4.78, 5) is 0.954. The van der Waals surface area contributed by atoms with Crippen LogP contribution in [-0.2, 0) is 0 Å². The smallest absolute Gasteiger partial charge is 0.123 e. The van der Waals surface area contributed by atoms with E-state index in [1.165, 1.54) is 5.56 Å². The predicted octanol–water partition coefficient (Wildman–Crippen LogP) is 3.71. The highest BCUT2D eigenvalue weighted by molar-refractivity contribution is 7.80. The minimum absolute atomic E-state index is 0.689. The van der Waals surface area contributed by atoms with Crippen molar-refractivity contribution in [3.8, 4) is 5.75 Å². The lowest BCUT2D eigenvalue weighted by Crippen LogP contribution is -2.02. The zero-order valence-corrected chi connectivity index (χ0v) is 9.97. The Morgan fingerprint density at radius 1 is 1.36 bits per heavy atom. The quantitative estimate of drug-likeness (QED) is 0.745. The number of benzene rings is 1. The van der Waals surface area contributed by atoms with Gasteiger partial charge in [0.15, 0.2) is 0 Å². The van der Waals surface area contributed by atoms with Crippen molar-refractivity contribution in [3.63, 3.8) is 0 Å². The van der Waals surface area contributed by atoms with Crippen LogP contribution in [0.3, 0.4) is 0 Å². The maximum atomic E-state index is 5.68. The van der Waals surface area contributed by atoms with Gasteiger partial charge in [-0.2, -0.15) is 0 Å². The molecule has 0 heterocycles. The molecule has 0 aromatic heterocycles. The average Bonchev–Trinajstić information content (AvgIpc) is 2.10.